The van der Waals surface area contributed by atoms with E-state index in [4.69, 9.17) is 15.2 Å². The van der Waals surface area contributed by atoms with Crippen LogP contribution in [0.3, 0.4) is 0 Å². The third-order valence-corrected chi connectivity index (χ3v) is 5.18. The lowest BCUT2D eigenvalue weighted by Crippen LogP contribution is -2.24. The fourth-order valence-electron chi connectivity index (χ4n) is 3.71. The molecule has 3 heterocycles. The first-order valence-corrected chi connectivity index (χ1v) is 9.52. The van der Waals surface area contributed by atoms with Crippen LogP contribution in [-0.2, 0) is 22.7 Å². The first-order chi connectivity index (χ1) is 14.9. The van der Waals surface area contributed by atoms with Gasteiger partial charge in [-0.1, -0.05) is 12.1 Å². The minimum absolute atomic E-state index is 0.0249. The molecule has 5 N–H and O–H groups in total. The van der Waals surface area contributed by atoms with E-state index in [9.17, 15) is 25.1 Å². The van der Waals surface area contributed by atoms with Gasteiger partial charge in [0.2, 0.25) is 5.95 Å². The zero-order valence-electron chi connectivity index (χ0n) is 16.3. The van der Waals surface area contributed by atoms with Gasteiger partial charge in [0.1, 0.15) is 12.3 Å². The van der Waals surface area contributed by atoms with E-state index in [0.29, 0.717) is 11.1 Å². The molecule has 164 valence electrons. The summed E-state index contributed by atoms with van der Waals surface area (Å²) in [5.74, 6) is -0.0820. The Morgan fingerprint density at radius 3 is 2.81 bits per heavy atom. The number of ether oxygens (including phenoxy) is 2. The summed E-state index contributed by atoms with van der Waals surface area (Å²) in [7, 11) is 0. The second-order valence-electron chi connectivity index (χ2n) is 7.20. The number of nitrogen functional groups attached to an aromatic ring is 1. The smallest absolute Gasteiger partial charge is 0.274 e. The Kier molecular flexibility index (Phi) is 5.69. The largest absolute Gasteiger partial charge is 0.394 e. The first-order valence-electron chi connectivity index (χ1n) is 9.52. The zero-order valence-corrected chi connectivity index (χ0v) is 16.3. The number of fused-ring (bicyclic) bond motifs is 1. The molecule has 0 bridgehead atoms. The molecule has 3 aromatic rings. The van der Waals surface area contributed by atoms with Crippen molar-refractivity contribution in [3.8, 4) is 0 Å². The quantitative estimate of drug-likeness (QED) is 0.307. The van der Waals surface area contributed by atoms with Gasteiger partial charge in [-0.15, -0.1) is 0 Å². The van der Waals surface area contributed by atoms with Gasteiger partial charge < -0.3 is 30.0 Å². The molecule has 1 aliphatic rings. The molecule has 4 rings (SSSR count). The number of hydrogen-bond acceptors (Lipinski definition) is 9. The van der Waals surface area contributed by atoms with E-state index in [0.717, 1.165) is 0 Å². The van der Waals surface area contributed by atoms with Crippen LogP contribution in [0.2, 0.25) is 0 Å². The number of rotatable bonds is 7. The molecular weight excluding hydrogens is 410 g/mol. The van der Waals surface area contributed by atoms with Crippen molar-refractivity contribution in [2.45, 2.75) is 38.1 Å². The number of nitrogens with one attached hydrogen (secondary N) is 1. The highest BCUT2D eigenvalue weighted by molar-refractivity contribution is 5.80. The van der Waals surface area contributed by atoms with Crippen LogP contribution in [-0.4, -0.2) is 48.5 Å². The fraction of sp³-hybridized carbons (Fsp3) is 0.368. The number of aliphatic hydroxyl groups is 2. The molecule has 1 aromatic carbocycles. The van der Waals surface area contributed by atoms with Crippen LogP contribution < -0.4 is 11.3 Å². The maximum atomic E-state index is 12.5. The zero-order chi connectivity index (χ0) is 22.1. The van der Waals surface area contributed by atoms with Crippen molar-refractivity contribution in [1.82, 2.24) is 14.5 Å². The monoisotopic (exact) mass is 431 g/mol. The van der Waals surface area contributed by atoms with Crippen LogP contribution >= 0.6 is 0 Å². The van der Waals surface area contributed by atoms with Crippen LogP contribution in [0.15, 0.2) is 35.3 Å². The van der Waals surface area contributed by atoms with Crippen LogP contribution in [0.1, 0.15) is 23.8 Å². The second kappa shape index (κ2) is 8.43. The highest BCUT2D eigenvalue weighted by Crippen LogP contribution is 2.32. The van der Waals surface area contributed by atoms with Gasteiger partial charge in [-0.05, 0) is 6.07 Å². The minimum atomic E-state index is -0.870. The molecule has 0 unspecified atom stereocenters. The van der Waals surface area contributed by atoms with E-state index >= 15 is 0 Å². The summed E-state index contributed by atoms with van der Waals surface area (Å²) in [5.41, 5.74) is 6.31. The molecule has 0 saturated carbocycles. The molecule has 0 spiro atoms. The van der Waals surface area contributed by atoms with E-state index in [1.807, 2.05) is 0 Å². The van der Waals surface area contributed by atoms with Crippen molar-refractivity contribution < 1.29 is 24.6 Å². The van der Waals surface area contributed by atoms with Gasteiger partial charge in [-0.25, -0.2) is 0 Å². The number of nitrogens with zero attached hydrogens (tertiary/aromatic N) is 3. The van der Waals surface area contributed by atoms with Crippen LogP contribution in [0.25, 0.3) is 11.0 Å². The van der Waals surface area contributed by atoms with Gasteiger partial charge in [-0.3, -0.25) is 19.9 Å². The van der Waals surface area contributed by atoms with Crippen molar-refractivity contribution >= 4 is 22.7 Å². The van der Waals surface area contributed by atoms with Gasteiger partial charge in [0, 0.05) is 24.2 Å². The van der Waals surface area contributed by atoms with Crippen LogP contribution in [0.5, 0.6) is 0 Å². The Hall–Kier alpha value is -3.32. The lowest BCUT2D eigenvalue weighted by atomic mass is 10.2. The number of nitro groups is 1. The molecule has 0 amide bonds. The number of nitro benzene ring substituents is 1. The summed E-state index contributed by atoms with van der Waals surface area (Å²) in [4.78, 5) is 29.9. The van der Waals surface area contributed by atoms with Gasteiger partial charge in [-0.2, -0.15) is 4.98 Å². The molecule has 3 atom stereocenters. The lowest BCUT2D eigenvalue weighted by Gasteiger charge is -2.14. The lowest BCUT2D eigenvalue weighted by molar-refractivity contribution is -0.386. The molecule has 12 nitrogen and oxygen atoms in total. The number of hydrogen-bond donors (Lipinski definition) is 4. The second-order valence-corrected chi connectivity index (χ2v) is 7.20. The van der Waals surface area contributed by atoms with Crippen molar-refractivity contribution in [3.05, 3.63) is 62.1 Å². The predicted octanol–water partition coefficient (Wildman–Crippen LogP) is 0.572. The van der Waals surface area contributed by atoms with Crippen molar-refractivity contribution in [2.75, 3.05) is 12.3 Å². The van der Waals surface area contributed by atoms with E-state index in [2.05, 4.69) is 9.97 Å². The molecule has 12 heteroatoms. The fourth-order valence-corrected chi connectivity index (χ4v) is 3.71. The van der Waals surface area contributed by atoms with Crippen molar-refractivity contribution in [3.63, 3.8) is 0 Å². The SMILES string of the molecule is Nc1nc2c(c(COCc3ccccc3[N+](=O)[O-])cn2[C@H]2C[C@@H](O)[C@@H](CO)O2)c(=O)[nH]1. The number of anilines is 1. The van der Waals surface area contributed by atoms with E-state index in [1.165, 1.54) is 6.07 Å². The molecule has 1 fully saturated rings. The Morgan fingerprint density at radius 1 is 1.35 bits per heavy atom. The third kappa shape index (κ3) is 4.01. The molecule has 2 aromatic heterocycles. The highest BCUT2D eigenvalue weighted by atomic mass is 16.6. The number of benzene rings is 1. The highest BCUT2D eigenvalue weighted by Gasteiger charge is 2.35. The number of para-hydroxylation sites is 1. The van der Waals surface area contributed by atoms with E-state index < -0.39 is 28.9 Å². The van der Waals surface area contributed by atoms with E-state index in [1.54, 1.807) is 29.0 Å². The topological polar surface area (TPSA) is 179 Å². The Balaban J connectivity index is 1.63. The van der Waals surface area contributed by atoms with Crippen LogP contribution in [0, 0.1) is 10.1 Å². The summed E-state index contributed by atoms with van der Waals surface area (Å²) < 4.78 is 12.9. The van der Waals surface area contributed by atoms with Gasteiger partial charge in [0.15, 0.2) is 5.65 Å². The summed E-state index contributed by atoms with van der Waals surface area (Å²) in [6.07, 6.45) is -0.472. The predicted molar refractivity (Wildman–Crippen MR) is 108 cm³/mol. The average Bonchev–Trinajstić information content (AvgIpc) is 3.28. The number of aromatic amines is 1. The van der Waals surface area contributed by atoms with Crippen LogP contribution in [0.4, 0.5) is 11.6 Å². The number of aliphatic hydroxyl groups excluding tert-OH is 2. The standard InChI is InChI=1S/C19H21N5O7/c20-19-21-17-16(18(27)22-19)11(6-23(17)15-5-13(26)14(7-25)31-15)9-30-8-10-3-1-2-4-12(10)24(28)29/h1-4,6,13-15,25-26H,5,7-9H2,(H3,20,21,22,27)/t13-,14-,15-/m1/s1. The Labute approximate surface area is 175 Å². The molecule has 31 heavy (non-hydrogen) atoms. The van der Waals surface area contributed by atoms with Gasteiger partial charge in [0.05, 0.1) is 41.8 Å². The van der Waals surface area contributed by atoms with Gasteiger partial charge >= 0.3 is 0 Å². The minimum Gasteiger partial charge on any atom is -0.394 e. The maximum absolute atomic E-state index is 12.5. The molecular formula is C19H21N5O7. The molecule has 1 aliphatic heterocycles. The maximum Gasteiger partial charge on any atom is 0.274 e. The molecule has 1 saturated heterocycles. The first kappa shape index (κ1) is 20.9. The molecule has 0 aliphatic carbocycles. The summed E-state index contributed by atoms with van der Waals surface area (Å²) >= 11 is 0. The summed E-state index contributed by atoms with van der Waals surface area (Å²) in [6.45, 7) is -0.406. The summed E-state index contributed by atoms with van der Waals surface area (Å²) in [5, 5.41) is 30.8. The number of nitrogens with two attached hydrogens (primary N) is 1. The van der Waals surface area contributed by atoms with E-state index in [-0.39, 0.29) is 48.9 Å². The average molecular weight is 431 g/mol. The Morgan fingerprint density at radius 2 is 2.10 bits per heavy atom. The normalized spacial score (nSPS) is 21.0. The summed E-state index contributed by atoms with van der Waals surface area (Å²) in [6, 6.07) is 6.23. The molecule has 0 radical (unpaired) electrons. The number of aromatic nitrogens is 3. The van der Waals surface area contributed by atoms with Crippen molar-refractivity contribution in [2.24, 2.45) is 0 Å². The van der Waals surface area contributed by atoms with Crippen molar-refractivity contribution in [1.29, 1.82) is 0 Å². The van der Waals surface area contributed by atoms with Gasteiger partial charge in [0.25, 0.3) is 11.2 Å². The number of H-pyrrole nitrogens is 1. The Bertz CT molecular complexity index is 1170. The third-order valence-electron chi connectivity index (χ3n) is 5.18.